The number of esters is 1. The highest BCUT2D eigenvalue weighted by molar-refractivity contribution is 5.72. The second kappa shape index (κ2) is 3.56. The molecule has 0 aliphatic carbocycles. The molecule has 1 atom stereocenters. The third-order valence-electron chi connectivity index (χ3n) is 1.69. The molecule has 3 heteroatoms. The van der Waals surface area contributed by atoms with E-state index in [9.17, 15) is 4.79 Å². The first-order valence-corrected chi connectivity index (χ1v) is 3.50. The Morgan fingerprint density at radius 2 is 2.50 bits per heavy atom. The van der Waals surface area contributed by atoms with Gasteiger partial charge in [0.15, 0.2) is 0 Å². The lowest BCUT2D eigenvalue weighted by atomic mass is 10.0. The van der Waals surface area contributed by atoms with E-state index in [1.807, 2.05) is 0 Å². The van der Waals surface area contributed by atoms with Crippen LogP contribution in [0.3, 0.4) is 0 Å². The fraction of sp³-hybridized carbons (Fsp3) is 0.857. The molecule has 1 unspecified atom stereocenters. The van der Waals surface area contributed by atoms with Gasteiger partial charge in [0, 0.05) is 6.61 Å². The minimum atomic E-state index is -0.139. The number of hydrogen-bond acceptors (Lipinski definition) is 3. The number of ether oxygens (including phenoxy) is 2. The molecule has 0 radical (unpaired) electrons. The van der Waals surface area contributed by atoms with Gasteiger partial charge >= 0.3 is 5.97 Å². The van der Waals surface area contributed by atoms with Crippen molar-refractivity contribution >= 4 is 5.97 Å². The van der Waals surface area contributed by atoms with Gasteiger partial charge < -0.3 is 9.47 Å². The number of hydrogen-bond donors (Lipinski definition) is 0. The molecule has 1 heterocycles. The summed E-state index contributed by atoms with van der Waals surface area (Å²) in [5.41, 5.74) is 0. The zero-order valence-electron chi connectivity index (χ0n) is 6.13. The number of carbonyl (C=O) groups excluding carboxylic acids is 1. The van der Waals surface area contributed by atoms with Crippen molar-refractivity contribution in [2.75, 3.05) is 20.3 Å². The van der Waals surface area contributed by atoms with Crippen molar-refractivity contribution in [1.82, 2.24) is 0 Å². The molecule has 0 aromatic rings. The third-order valence-corrected chi connectivity index (χ3v) is 1.69. The smallest absolute Gasteiger partial charge is 0.311 e. The van der Waals surface area contributed by atoms with E-state index in [0.717, 1.165) is 19.4 Å². The fourth-order valence-corrected chi connectivity index (χ4v) is 1.09. The van der Waals surface area contributed by atoms with Crippen LogP contribution in [0.25, 0.3) is 0 Å². The molecule has 1 saturated heterocycles. The van der Waals surface area contributed by atoms with Crippen molar-refractivity contribution in [3.05, 3.63) is 0 Å². The fourth-order valence-electron chi connectivity index (χ4n) is 1.09. The van der Waals surface area contributed by atoms with Crippen LogP contribution in [0.4, 0.5) is 0 Å². The summed E-state index contributed by atoms with van der Waals surface area (Å²) in [7, 11) is 1.41. The number of methoxy groups -OCH3 is 1. The van der Waals surface area contributed by atoms with E-state index in [4.69, 9.17) is 4.74 Å². The molecule has 0 aromatic carbocycles. The minimum Gasteiger partial charge on any atom is -0.469 e. The zero-order valence-corrected chi connectivity index (χ0v) is 6.13. The van der Waals surface area contributed by atoms with Crippen LogP contribution in [0.2, 0.25) is 0 Å². The summed E-state index contributed by atoms with van der Waals surface area (Å²) in [6.07, 6.45) is 1.88. The molecule has 0 spiro atoms. The topological polar surface area (TPSA) is 35.5 Å². The van der Waals surface area contributed by atoms with E-state index in [0.29, 0.717) is 6.61 Å². The maximum atomic E-state index is 10.9. The van der Waals surface area contributed by atoms with Gasteiger partial charge in [-0.05, 0) is 12.8 Å². The van der Waals surface area contributed by atoms with Gasteiger partial charge in [-0.3, -0.25) is 4.79 Å². The molecule has 1 aliphatic rings. The molecule has 0 amide bonds. The second-order valence-electron chi connectivity index (χ2n) is 2.44. The summed E-state index contributed by atoms with van der Waals surface area (Å²) in [5, 5.41) is 0. The molecule has 58 valence electrons. The number of rotatable bonds is 1. The molecule has 0 saturated carbocycles. The quantitative estimate of drug-likeness (QED) is 0.505. The van der Waals surface area contributed by atoms with Crippen molar-refractivity contribution in [3.63, 3.8) is 0 Å². The van der Waals surface area contributed by atoms with Gasteiger partial charge in [0.25, 0.3) is 0 Å². The molecular formula is C7H12O3. The van der Waals surface area contributed by atoms with E-state index in [1.165, 1.54) is 7.11 Å². The summed E-state index contributed by atoms with van der Waals surface area (Å²) in [6, 6.07) is 0. The van der Waals surface area contributed by atoms with Crippen LogP contribution in [0.15, 0.2) is 0 Å². The summed E-state index contributed by atoms with van der Waals surface area (Å²) < 4.78 is 9.67. The Morgan fingerprint density at radius 3 is 3.00 bits per heavy atom. The van der Waals surface area contributed by atoms with Crippen LogP contribution in [0, 0.1) is 5.92 Å². The van der Waals surface area contributed by atoms with E-state index < -0.39 is 0 Å². The van der Waals surface area contributed by atoms with E-state index in [2.05, 4.69) is 4.74 Å². The molecule has 1 fully saturated rings. The van der Waals surface area contributed by atoms with Crippen molar-refractivity contribution in [3.8, 4) is 0 Å². The van der Waals surface area contributed by atoms with Crippen molar-refractivity contribution in [1.29, 1.82) is 0 Å². The highest BCUT2D eigenvalue weighted by Crippen LogP contribution is 2.14. The van der Waals surface area contributed by atoms with Crippen LogP contribution < -0.4 is 0 Å². The normalized spacial score (nSPS) is 25.9. The Labute approximate surface area is 60.3 Å². The Kier molecular flexibility index (Phi) is 2.68. The highest BCUT2D eigenvalue weighted by atomic mass is 16.5. The van der Waals surface area contributed by atoms with Crippen LogP contribution in [-0.4, -0.2) is 26.3 Å². The summed E-state index contributed by atoms with van der Waals surface area (Å²) in [6.45, 7) is 1.32. The molecule has 0 N–H and O–H groups in total. The van der Waals surface area contributed by atoms with Crippen LogP contribution in [-0.2, 0) is 14.3 Å². The largest absolute Gasteiger partial charge is 0.469 e. The Bertz CT molecular complexity index is 116. The Balaban J connectivity index is 2.31. The first-order valence-electron chi connectivity index (χ1n) is 3.50. The average molecular weight is 144 g/mol. The monoisotopic (exact) mass is 144 g/mol. The van der Waals surface area contributed by atoms with Crippen molar-refractivity contribution in [2.24, 2.45) is 5.92 Å². The SMILES string of the molecule is COC(=O)C1CCCOC1. The predicted molar refractivity (Wildman–Crippen MR) is 35.6 cm³/mol. The third kappa shape index (κ3) is 1.70. The molecule has 0 aromatic heterocycles. The molecule has 1 rings (SSSR count). The maximum Gasteiger partial charge on any atom is 0.311 e. The molecule has 3 nitrogen and oxygen atoms in total. The van der Waals surface area contributed by atoms with Crippen LogP contribution >= 0.6 is 0 Å². The first-order chi connectivity index (χ1) is 4.84. The van der Waals surface area contributed by atoms with Gasteiger partial charge in [0.2, 0.25) is 0 Å². The van der Waals surface area contributed by atoms with Gasteiger partial charge in [0.1, 0.15) is 0 Å². The standard InChI is InChI=1S/C7H12O3/c1-9-7(8)6-3-2-4-10-5-6/h6H,2-5H2,1H3. The lowest BCUT2D eigenvalue weighted by Gasteiger charge is -2.19. The first kappa shape index (κ1) is 7.54. The maximum absolute atomic E-state index is 10.9. The lowest BCUT2D eigenvalue weighted by molar-refractivity contribution is -0.149. The summed E-state index contributed by atoms with van der Waals surface area (Å²) in [5.74, 6) is -0.154. The van der Waals surface area contributed by atoms with E-state index in [-0.39, 0.29) is 11.9 Å². The van der Waals surface area contributed by atoms with Gasteiger partial charge in [0.05, 0.1) is 19.6 Å². The molecule has 1 aliphatic heterocycles. The summed E-state index contributed by atoms with van der Waals surface area (Å²) >= 11 is 0. The van der Waals surface area contributed by atoms with Gasteiger partial charge in [-0.15, -0.1) is 0 Å². The second-order valence-corrected chi connectivity index (χ2v) is 2.44. The van der Waals surface area contributed by atoms with Crippen LogP contribution in [0.1, 0.15) is 12.8 Å². The van der Waals surface area contributed by atoms with Crippen LogP contribution in [0.5, 0.6) is 0 Å². The molecular weight excluding hydrogens is 132 g/mol. The Morgan fingerprint density at radius 1 is 1.70 bits per heavy atom. The van der Waals surface area contributed by atoms with Gasteiger partial charge in [-0.25, -0.2) is 0 Å². The van der Waals surface area contributed by atoms with E-state index >= 15 is 0 Å². The average Bonchev–Trinajstić information content (AvgIpc) is 2.05. The molecule has 0 bridgehead atoms. The van der Waals surface area contributed by atoms with E-state index in [1.54, 1.807) is 0 Å². The van der Waals surface area contributed by atoms with Gasteiger partial charge in [-0.2, -0.15) is 0 Å². The molecule has 10 heavy (non-hydrogen) atoms. The van der Waals surface area contributed by atoms with Crippen molar-refractivity contribution < 1.29 is 14.3 Å². The van der Waals surface area contributed by atoms with Gasteiger partial charge in [-0.1, -0.05) is 0 Å². The predicted octanol–water partition coefficient (Wildman–Crippen LogP) is 0.586. The highest BCUT2D eigenvalue weighted by Gasteiger charge is 2.21. The Hall–Kier alpha value is -0.570. The summed E-state index contributed by atoms with van der Waals surface area (Å²) in [4.78, 5) is 10.9. The minimum absolute atomic E-state index is 0.0150. The lowest BCUT2D eigenvalue weighted by Crippen LogP contribution is -2.25. The zero-order chi connectivity index (χ0) is 7.40. The number of carbonyl (C=O) groups is 1. The van der Waals surface area contributed by atoms with Crippen molar-refractivity contribution in [2.45, 2.75) is 12.8 Å².